The first kappa shape index (κ1) is 12.7. The van der Waals surface area contributed by atoms with Crippen LogP contribution in [0, 0.1) is 0 Å². The zero-order valence-corrected chi connectivity index (χ0v) is 10.7. The van der Waals surface area contributed by atoms with Crippen LogP contribution >= 0.6 is 36.0 Å². The first-order chi connectivity index (χ1) is 7.13. The molecule has 0 fully saturated rings. The monoisotopic (exact) mass is 262 g/mol. The Morgan fingerprint density at radius 3 is 2.93 bits per heavy atom. The standard InChI is InChI=1S/C10H11ClO2S2/c1-2-13-10(12)6-15-9-4-3-7(14)5-8(9)11/h3-5,14H,2,6H2,1H3. The zero-order chi connectivity index (χ0) is 11.3. The summed E-state index contributed by atoms with van der Waals surface area (Å²) in [7, 11) is 0. The van der Waals surface area contributed by atoms with Crippen LogP contribution in [0.1, 0.15) is 6.92 Å². The van der Waals surface area contributed by atoms with Crippen LogP contribution in [0.25, 0.3) is 0 Å². The molecule has 0 aliphatic rings. The molecule has 0 spiro atoms. The molecule has 0 heterocycles. The molecule has 5 heteroatoms. The van der Waals surface area contributed by atoms with Gasteiger partial charge in [0.15, 0.2) is 0 Å². The number of halogens is 1. The molecule has 0 bridgehead atoms. The summed E-state index contributed by atoms with van der Waals surface area (Å²) in [6.45, 7) is 2.19. The molecular formula is C10H11ClO2S2. The van der Waals surface area contributed by atoms with Crippen LogP contribution in [0.2, 0.25) is 5.02 Å². The van der Waals surface area contributed by atoms with Crippen LogP contribution in [0.3, 0.4) is 0 Å². The van der Waals surface area contributed by atoms with E-state index in [2.05, 4.69) is 12.6 Å². The molecule has 0 aliphatic heterocycles. The maximum absolute atomic E-state index is 11.1. The van der Waals surface area contributed by atoms with Crippen molar-refractivity contribution in [1.82, 2.24) is 0 Å². The van der Waals surface area contributed by atoms with Gasteiger partial charge in [0.2, 0.25) is 0 Å². The number of hydrogen-bond donors (Lipinski definition) is 1. The number of esters is 1. The molecule has 0 atom stereocenters. The summed E-state index contributed by atoms with van der Waals surface area (Å²) >= 11 is 11.5. The first-order valence-corrected chi connectivity index (χ1v) is 6.21. The molecule has 2 nitrogen and oxygen atoms in total. The Balaban J connectivity index is 2.54. The van der Waals surface area contributed by atoms with Crippen molar-refractivity contribution in [2.75, 3.05) is 12.4 Å². The van der Waals surface area contributed by atoms with Crippen LogP contribution < -0.4 is 0 Å². The highest BCUT2D eigenvalue weighted by atomic mass is 35.5. The Bertz CT molecular complexity index is 355. The fourth-order valence-corrected chi connectivity index (χ4v) is 2.29. The molecule has 0 unspecified atom stereocenters. The lowest BCUT2D eigenvalue weighted by molar-refractivity contribution is -0.139. The number of thioether (sulfide) groups is 1. The van der Waals surface area contributed by atoms with Gasteiger partial charge in [0, 0.05) is 9.79 Å². The Hall–Kier alpha value is -0.320. The molecule has 0 N–H and O–H groups in total. The van der Waals surface area contributed by atoms with Crippen LogP contribution in [0.4, 0.5) is 0 Å². The minimum absolute atomic E-state index is 0.228. The fourth-order valence-electron chi connectivity index (χ4n) is 0.946. The van der Waals surface area contributed by atoms with E-state index in [1.807, 2.05) is 12.1 Å². The first-order valence-electron chi connectivity index (χ1n) is 4.40. The molecule has 1 rings (SSSR count). The van der Waals surface area contributed by atoms with E-state index in [1.54, 1.807) is 13.0 Å². The van der Waals surface area contributed by atoms with Crippen molar-refractivity contribution in [1.29, 1.82) is 0 Å². The third-order valence-electron chi connectivity index (χ3n) is 1.57. The number of thiol groups is 1. The van der Waals surface area contributed by atoms with Crippen molar-refractivity contribution in [2.45, 2.75) is 16.7 Å². The van der Waals surface area contributed by atoms with Gasteiger partial charge in [-0.05, 0) is 25.1 Å². The Morgan fingerprint density at radius 2 is 2.33 bits per heavy atom. The van der Waals surface area contributed by atoms with Gasteiger partial charge in [-0.15, -0.1) is 24.4 Å². The Morgan fingerprint density at radius 1 is 1.60 bits per heavy atom. The molecule has 0 amide bonds. The highest BCUT2D eigenvalue weighted by Gasteiger charge is 2.06. The van der Waals surface area contributed by atoms with Crippen LogP contribution in [-0.4, -0.2) is 18.3 Å². The Kier molecular flexibility index (Phi) is 5.36. The number of carbonyl (C=O) groups is 1. The van der Waals surface area contributed by atoms with Crippen LogP contribution in [0.15, 0.2) is 28.0 Å². The van der Waals surface area contributed by atoms with Crippen molar-refractivity contribution in [3.05, 3.63) is 23.2 Å². The quantitative estimate of drug-likeness (QED) is 0.512. The van der Waals surface area contributed by atoms with Gasteiger partial charge in [-0.2, -0.15) is 0 Å². The van der Waals surface area contributed by atoms with E-state index in [9.17, 15) is 4.79 Å². The molecule has 0 aromatic heterocycles. The smallest absolute Gasteiger partial charge is 0.316 e. The lowest BCUT2D eigenvalue weighted by Gasteiger charge is -2.04. The highest BCUT2D eigenvalue weighted by Crippen LogP contribution is 2.28. The van der Waals surface area contributed by atoms with Gasteiger partial charge < -0.3 is 4.74 Å². The van der Waals surface area contributed by atoms with E-state index < -0.39 is 0 Å². The molecule has 0 radical (unpaired) electrons. The van der Waals surface area contributed by atoms with Gasteiger partial charge in [0.25, 0.3) is 0 Å². The van der Waals surface area contributed by atoms with Crippen molar-refractivity contribution in [2.24, 2.45) is 0 Å². The van der Waals surface area contributed by atoms with Crippen molar-refractivity contribution < 1.29 is 9.53 Å². The van der Waals surface area contributed by atoms with Gasteiger partial charge in [0.05, 0.1) is 17.4 Å². The number of hydrogen-bond acceptors (Lipinski definition) is 4. The van der Waals surface area contributed by atoms with E-state index in [0.29, 0.717) is 11.6 Å². The summed E-state index contributed by atoms with van der Waals surface area (Å²) in [6, 6.07) is 5.43. The number of ether oxygens (including phenoxy) is 1. The van der Waals surface area contributed by atoms with Gasteiger partial charge in [-0.3, -0.25) is 4.79 Å². The predicted molar refractivity (Wildman–Crippen MR) is 66.1 cm³/mol. The maximum Gasteiger partial charge on any atom is 0.316 e. The second-order valence-electron chi connectivity index (χ2n) is 2.71. The van der Waals surface area contributed by atoms with Crippen molar-refractivity contribution in [3.63, 3.8) is 0 Å². The average Bonchev–Trinajstić information content (AvgIpc) is 2.17. The molecule has 1 aromatic carbocycles. The second kappa shape index (κ2) is 6.30. The van der Waals surface area contributed by atoms with Crippen molar-refractivity contribution in [3.8, 4) is 0 Å². The normalized spacial score (nSPS) is 10.1. The molecule has 0 saturated carbocycles. The summed E-state index contributed by atoms with van der Waals surface area (Å²) in [5.41, 5.74) is 0. The van der Waals surface area contributed by atoms with E-state index in [0.717, 1.165) is 9.79 Å². The summed E-state index contributed by atoms with van der Waals surface area (Å²) in [5, 5.41) is 0.608. The van der Waals surface area contributed by atoms with E-state index in [-0.39, 0.29) is 11.7 Å². The third-order valence-corrected chi connectivity index (χ3v) is 3.32. The molecule has 0 saturated heterocycles. The Labute approximate surface area is 104 Å². The zero-order valence-electron chi connectivity index (χ0n) is 8.20. The van der Waals surface area contributed by atoms with E-state index >= 15 is 0 Å². The largest absolute Gasteiger partial charge is 0.465 e. The minimum Gasteiger partial charge on any atom is -0.465 e. The lowest BCUT2D eigenvalue weighted by Crippen LogP contribution is -2.06. The summed E-state index contributed by atoms with van der Waals surface area (Å²) < 4.78 is 4.81. The summed E-state index contributed by atoms with van der Waals surface area (Å²) in [4.78, 5) is 12.8. The number of rotatable bonds is 4. The average molecular weight is 263 g/mol. The van der Waals surface area contributed by atoms with E-state index in [1.165, 1.54) is 11.8 Å². The lowest BCUT2D eigenvalue weighted by atomic mass is 10.4. The predicted octanol–water partition coefficient (Wildman–Crippen LogP) is 3.28. The molecular weight excluding hydrogens is 252 g/mol. The molecule has 0 aliphatic carbocycles. The second-order valence-corrected chi connectivity index (χ2v) is 4.65. The van der Waals surface area contributed by atoms with Crippen molar-refractivity contribution >= 4 is 42.0 Å². The fraction of sp³-hybridized carbons (Fsp3) is 0.300. The SMILES string of the molecule is CCOC(=O)CSc1ccc(S)cc1Cl. The van der Waals surface area contributed by atoms with Gasteiger partial charge in [-0.25, -0.2) is 0 Å². The van der Waals surface area contributed by atoms with Crippen LogP contribution in [-0.2, 0) is 9.53 Å². The van der Waals surface area contributed by atoms with Gasteiger partial charge in [0.1, 0.15) is 0 Å². The van der Waals surface area contributed by atoms with Crippen LogP contribution in [0.5, 0.6) is 0 Å². The number of benzene rings is 1. The number of carbonyl (C=O) groups excluding carboxylic acids is 1. The summed E-state index contributed by atoms with van der Waals surface area (Å²) in [5.74, 6) is 0.0490. The topological polar surface area (TPSA) is 26.3 Å². The molecule has 82 valence electrons. The maximum atomic E-state index is 11.1. The van der Waals surface area contributed by atoms with E-state index in [4.69, 9.17) is 16.3 Å². The molecule has 15 heavy (non-hydrogen) atoms. The third kappa shape index (κ3) is 4.36. The summed E-state index contributed by atoms with van der Waals surface area (Å²) in [6.07, 6.45) is 0. The van der Waals surface area contributed by atoms with Gasteiger partial charge in [-0.1, -0.05) is 11.6 Å². The highest BCUT2D eigenvalue weighted by molar-refractivity contribution is 8.00. The molecule has 1 aromatic rings. The van der Waals surface area contributed by atoms with Gasteiger partial charge >= 0.3 is 5.97 Å². The minimum atomic E-state index is -0.228.